The van der Waals surface area contributed by atoms with Gasteiger partial charge in [-0.15, -0.1) is 0 Å². The summed E-state index contributed by atoms with van der Waals surface area (Å²) in [6, 6.07) is 7.26. The second-order valence-electron chi connectivity index (χ2n) is 7.61. The van der Waals surface area contributed by atoms with Gasteiger partial charge >= 0.3 is 0 Å². The molecule has 0 unspecified atom stereocenters. The van der Waals surface area contributed by atoms with Crippen LogP contribution in [0.2, 0.25) is 0 Å². The van der Waals surface area contributed by atoms with Crippen molar-refractivity contribution in [2.75, 3.05) is 11.9 Å². The fourth-order valence-electron chi connectivity index (χ4n) is 4.22. The summed E-state index contributed by atoms with van der Waals surface area (Å²) in [7, 11) is 0. The molecule has 1 aromatic rings. The molecule has 1 heteroatoms. The normalized spacial score (nSPS) is 17.2. The number of aryl methyl sites for hydroxylation is 1. The SMILES string of the molecule is CCCCCC1(c2ccc(NCCCC)c(C)c2)CCCCC1. The van der Waals surface area contributed by atoms with E-state index >= 15 is 0 Å². The lowest BCUT2D eigenvalue weighted by molar-refractivity contribution is 0.266. The van der Waals surface area contributed by atoms with E-state index in [1.54, 1.807) is 5.56 Å². The van der Waals surface area contributed by atoms with Gasteiger partial charge in [0.2, 0.25) is 0 Å². The number of anilines is 1. The topological polar surface area (TPSA) is 12.0 Å². The van der Waals surface area contributed by atoms with Crippen LogP contribution in [0.25, 0.3) is 0 Å². The highest BCUT2D eigenvalue weighted by atomic mass is 14.9. The number of rotatable bonds is 9. The molecule has 0 radical (unpaired) electrons. The summed E-state index contributed by atoms with van der Waals surface area (Å²) in [6.45, 7) is 7.94. The van der Waals surface area contributed by atoms with Gasteiger partial charge in [0.25, 0.3) is 0 Å². The third-order valence-corrected chi connectivity index (χ3v) is 5.75. The lowest BCUT2D eigenvalue weighted by Crippen LogP contribution is -2.29. The Kier molecular flexibility index (Phi) is 7.46. The quantitative estimate of drug-likeness (QED) is 0.484. The van der Waals surface area contributed by atoms with Gasteiger partial charge in [-0.3, -0.25) is 0 Å². The highest BCUT2D eigenvalue weighted by Crippen LogP contribution is 2.44. The summed E-state index contributed by atoms with van der Waals surface area (Å²) >= 11 is 0. The molecule has 0 aliphatic heterocycles. The summed E-state index contributed by atoms with van der Waals surface area (Å²) < 4.78 is 0. The van der Waals surface area contributed by atoms with Gasteiger partial charge in [-0.2, -0.15) is 0 Å². The number of unbranched alkanes of at least 4 members (excludes halogenated alkanes) is 3. The highest BCUT2D eigenvalue weighted by molar-refractivity contribution is 5.53. The van der Waals surface area contributed by atoms with E-state index in [2.05, 4.69) is 44.3 Å². The van der Waals surface area contributed by atoms with Gasteiger partial charge in [0.1, 0.15) is 0 Å². The van der Waals surface area contributed by atoms with E-state index < -0.39 is 0 Å². The van der Waals surface area contributed by atoms with Crippen LogP contribution in [0.4, 0.5) is 5.69 Å². The molecule has 0 saturated heterocycles. The number of benzene rings is 1. The maximum atomic E-state index is 3.61. The van der Waals surface area contributed by atoms with Crippen molar-refractivity contribution in [1.82, 2.24) is 0 Å². The van der Waals surface area contributed by atoms with Crippen molar-refractivity contribution in [2.24, 2.45) is 0 Å². The first-order valence-corrected chi connectivity index (χ1v) is 10.1. The smallest absolute Gasteiger partial charge is 0.0370 e. The first kappa shape index (κ1) is 18.4. The van der Waals surface area contributed by atoms with E-state index in [0.29, 0.717) is 5.41 Å². The average Bonchev–Trinajstić information content (AvgIpc) is 2.57. The highest BCUT2D eigenvalue weighted by Gasteiger charge is 2.33. The molecule has 0 heterocycles. The Morgan fingerprint density at radius 3 is 2.35 bits per heavy atom. The lowest BCUT2D eigenvalue weighted by atomic mass is 9.66. The zero-order valence-electron chi connectivity index (χ0n) is 15.7. The van der Waals surface area contributed by atoms with Crippen LogP contribution in [0.5, 0.6) is 0 Å². The molecule has 1 fully saturated rings. The van der Waals surface area contributed by atoms with Crippen molar-refractivity contribution in [3.8, 4) is 0 Å². The van der Waals surface area contributed by atoms with Gasteiger partial charge in [-0.05, 0) is 55.2 Å². The number of hydrogen-bond donors (Lipinski definition) is 1. The molecule has 0 spiro atoms. The van der Waals surface area contributed by atoms with E-state index in [1.165, 1.54) is 81.9 Å². The average molecular weight is 316 g/mol. The van der Waals surface area contributed by atoms with Gasteiger partial charge in [0.05, 0.1) is 0 Å². The summed E-state index contributed by atoms with van der Waals surface area (Å²) in [5.74, 6) is 0. The third kappa shape index (κ3) is 4.99. The van der Waals surface area contributed by atoms with Gasteiger partial charge in [-0.1, -0.05) is 70.9 Å². The molecule has 130 valence electrons. The standard InChI is InChI=1S/C22H37N/c1-4-6-9-14-22(15-10-8-11-16-22)20-12-13-21(19(3)18-20)23-17-7-5-2/h12-13,18,23H,4-11,14-17H2,1-3H3. The van der Waals surface area contributed by atoms with Gasteiger partial charge < -0.3 is 5.32 Å². The second kappa shape index (κ2) is 9.35. The summed E-state index contributed by atoms with van der Waals surface area (Å²) in [5, 5.41) is 3.61. The predicted octanol–water partition coefficient (Wildman–Crippen LogP) is 6.99. The van der Waals surface area contributed by atoms with Crippen LogP contribution >= 0.6 is 0 Å². The third-order valence-electron chi connectivity index (χ3n) is 5.75. The summed E-state index contributed by atoms with van der Waals surface area (Å²) in [5.41, 5.74) is 4.85. The maximum absolute atomic E-state index is 3.61. The monoisotopic (exact) mass is 315 g/mol. The van der Waals surface area contributed by atoms with Crippen molar-refractivity contribution in [2.45, 2.75) is 96.8 Å². The Hall–Kier alpha value is -0.980. The molecule has 0 aromatic heterocycles. The molecular formula is C22H37N. The van der Waals surface area contributed by atoms with E-state index in [9.17, 15) is 0 Å². The lowest BCUT2D eigenvalue weighted by Gasteiger charge is -2.38. The largest absolute Gasteiger partial charge is 0.385 e. The minimum atomic E-state index is 0.472. The first-order chi connectivity index (χ1) is 11.2. The molecule has 0 bridgehead atoms. The Morgan fingerprint density at radius 1 is 0.957 bits per heavy atom. The fraction of sp³-hybridized carbons (Fsp3) is 0.727. The fourth-order valence-corrected chi connectivity index (χ4v) is 4.22. The molecule has 1 aliphatic carbocycles. The molecule has 2 rings (SSSR count). The Morgan fingerprint density at radius 2 is 1.70 bits per heavy atom. The van der Waals surface area contributed by atoms with Gasteiger partial charge in [0.15, 0.2) is 0 Å². The van der Waals surface area contributed by atoms with Crippen molar-refractivity contribution < 1.29 is 0 Å². The van der Waals surface area contributed by atoms with Gasteiger partial charge in [-0.25, -0.2) is 0 Å². The zero-order valence-corrected chi connectivity index (χ0v) is 15.7. The summed E-state index contributed by atoms with van der Waals surface area (Å²) in [4.78, 5) is 0. The van der Waals surface area contributed by atoms with Crippen LogP contribution in [0.3, 0.4) is 0 Å². The van der Waals surface area contributed by atoms with Crippen LogP contribution < -0.4 is 5.32 Å². The molecule has 1 aliphatic rings. The first-order valence-electron chi connectivity index (χ1n) is 10.1. The van der Waals surface area contributed by atoms with Gasteiger partial charge in [0, 0.05) is 12.2 Å². The van der Waals surface area contributed by atoms with Crippen LogP contribution in [0.15, 0.2) is 18.2 Å². The van der Waals surface area contributed by atoms with E-state index in [0.717, 1.165) is 6.54 Å². The van der Waals surface area contributed by atoms with Crippen molar-refractivity contribution in [3.05, 3.63) is 29.3 Å². The molecule has 1 saturated carbocycles. The molecule has 0 amide bonds. The van der Waals surface area contributed by atoms with E-state index in [1.807, 2.05) is 0 Å². The van der Waals surface area contributed by atoms with Crippen LogP contribution in [0.1, 0.15) is 95.6 Å². The molecule has 1 N–H and O–H groups in total. The van der Waals surface area contributed by atoms with Crippen LogP contribution in [-0.2, 0) is 5.41 Å². The Balaban J connectivity index is 2.13. The Labute approximate surface area is 144 Å². The van der Waals surface area contributed by atoms with E-state index in [4.69, 9.17) is 0 Å². The van der Waals surface area contributed by atoms with Crippen molar-refractivity contribution >= 4 is 5.69 Å². The van der Waals surface area contributed by atoms with Crippen molar-refractivity contribution in [3.63, 3.8) is 0 Å². The Bertz CT molecular complexity index is 457. The van der Waals surface area contributed by atoms with Crippen LogP contribution in [-0.4, -0.2) is 6.54 Å². The minimum Gasteiger partial charge on any atom is -0.385 e. The molecule has 0 atom stereocenters. The number of hydrogen-bond acceptors (Lipinski definition) is 1. The molecular weight excluding hydrogens is 278 g/mol. The molecule has 1 aromatic carbocycles. The van der Waals surface area contributed by atoms with E-state index in [-0.39, 0.29) is 0 Å². The summed E-state index contributed by atoms with van der Waals surface area (Å²) in [6.07, 6.45) is 15.1. The maximum Gasteiger partial charge on any atom is 0.0370 e. The predicted molar refractivity (Wildman–Crippen MR) is 103 cm³/mol. The minimum absolute atomic E-state index is 0.472. The van der Waals surface area contributed by atoms with Crippen molar-refractivity contribution in [1.29, 1.82) is 0 Å². The number of nitrogens with one attached hydrogen (secondary N) is 1. The zero-order chi connectivity index (χ0) is 16.5. The molecule has 1 nitrogen and oxygen atoms in total. The molecule has 23 heavy (non-hydrogen) atoms. The second-order valence-corrected chi connectivity index (χ2v) is 7.61. The van der Waals surface area contributed by atoms with Crippen LogP contribution in [0, 0.1) is 6.92 Å².